The summed E-state index contributed by atoms with van der Waals surface area (Å²) in [6, 6.07) is 0. The van der Waals surface area contributed by atoms with Crippen molar-refractivity contribution in [2.75, 3.05) is 0 Å². The summed E-state index contributed by atoms with van der Waals surface area (Å²) in [5, 5.41) is 9.39. The minimum Gasteiger partial charge on any atom is -0.315 e. The molecule has 4 aliphatic carbocycles. The van der Waals surface area contributed by atoms with Gasteiger partial charge in [0, 0.05) is 18.4 Å². The van der Waals surface area contributed by atoms with E-state index in [9.17, 15) is 0 Å². The lowest BCUT2D eigenvalue weighted by molar-refractivity contribution is -0.00163. The highest BCUT2D eigenvalue weighted by Gasteiger charge is 2.57. The first-order chi connectivity index (χ1) is 10.2. The molecule has 5 aliphatic rings. The molecule has 0 spiro atoms. The maximum absolute atomic E-state index is 6.76. The third-order valence-electron chi connectivity index (χ3n) is 6.69. The van der Waals surface area contributed by atoms with Crippen molar-refractivity contribution in [2.45, 2.75) is 81.5 Å². The third-order valence-corrected chi connectivity index (χ3v) is 6.69. The Morgan fingerprint density at radius 2 is 1.81 bits per heavy atom. The molecule has 0 amide bonds. The molecule has 6 rings (SSSR count). The van der Waals surface area contributed by atoms with Gasteiger partial charge in [0.1, 0.15) is 11.6 Å². The van der Waals surface area contributed by atoms with Crippen LogP contribution in [0.3, 0.4) is 0 Å². The van der Waals surface area contributed by atoms with Crippen molar-refractivity contribution in [3.8, 4) is 0 Å². The zero-order valence-corrected chi connectivity index (χ0v) is 12.9. The quantitative estimate of drug-likeness (QED) is 0.740. The molecule has 4 heteroatoms. The Kier molecular flexibility index (Phi) is 2.51. The Labute approximate surface area is 128 Å². The molecule has 21 heavy (non-hydrogen) atoms. The van der Waals surface area contributed by atoms with E-state index in [4.69, 9.17) is 12.9 Å². The average molecular weight is 281 g/mol. The maximum atomic E-state index is 6.76. The topological polar surface area (TPSA) is 30.7 Å². The predicted molar refractivity (Wildman–Crippen MR) is 82.4 cm³/mol. The third kappa shape index (κ3) is 1.80. The molecule has 4 saturated carbocycles. The highest BCUT2D eigenvalue weighted by Crippen LogP contribution is 2.67. The number of aryl methyl sites for hydroxylation is 1. The Balaban J connectivity index is 1.59. The average Bonchev–Trinajstić information content (AvgIpc) is 2.67. The Bertz CT molecular complexity index is 565. The summed E-state index contributed by atoms with van der Waals surface area (Å²) in [5.41, 5.74) is 0.258. The van der Waals surface area contributed by atoms with Gasteiger partial charge in [0.25, 0.3) is 0 Å². The molecule has 0 N–H and O–H groups in total. The molecule has 2 heterocycles. The standard InChI is InChI=1S/C17H24BN3/c18-17-9-12-6-13(10-17)8-16(7-12,11-17)15-20-19-14-4-2-1-3-5-21(14)15/h12-13H,1-11H2/t12-,13?,16?,17?/m1/s1. The van der Waals surface area contributed by atoms with Crippen LogP contribution >= 0.6 is 0 Å². The molecule has 4 fully saturated rings. The van der Waals surface area contributed by atoms with Gasteiger partial charge in [0.05, 0.1) is 7.85 Å². The number of hydrogen-bond donors (Lipinski definition) is 0. The molecule has 0 aromatic carbocycles. The van der Waals surface area contributed by atoms with Crippen LogP contribution in [0.15, 0.2) is 0 Å². The highest BCUT2D eigenvalue weighted by molar-refractivity contribution is 6.15. The smallest absolute Gasteiger partial charge is 0.139 e. The van der Waals surface area contributed by atoms with Crippen LogP contribution in [0.25, 0.3) is 0 Å². The number of fused-ring (bicyclic) bond motifs is 1. The van der Waals surface area contributed by atoms with Gasteiger partial charge in [-0.1, -0.05) is 24.6 Å². The molecule has 1 aromatic heterocycles. The van der Waals surface area contributed by atoms with Gasteiger partial charge in [-0.15, -0.1) is 10.2 Å². The van der Waals surface area contributed by atoms with E-state index in [-0.39, 0.29) is 10.7 Å². The van der Waals surface area contributed by atoms with Crippen molar-refractivity contribution in [3.05, 3.63) is 11.6 Å². The van der Waals surface area contributed by atoms with E-state index in [2.05, 4.69) is 9.67 Å². The number of rotatable bonds is 1. The van der Waals surface area contributed by atoms with Gasteiger partial charge >= 0.3 is 0 Å². The van der Waals surface area contributed by atoms with Crippen LogP contribution in [0.4, 0.5) is 0 Å². The molecule has 0 saturated heterocycles. The van der Waals surface area contributed by atoms with Crippen LogP contribution in [0.2, 0.25) is 5.31 Å². The van der Waals surface area contributed by atoms with E-state index in [1.54, 1.807) is 0 Å². The van der Waals surface area contributed by atoms with E-state index < -0.39 is 0 Å². The Morgan fingerprint density at radius 1 is 1.00 bits per heavy atom. The monoisotopic (exact) mass is 281 g/mol. The van der Waals surface area contributed by atoms with Crippen molar-refractivity contribution >= 4 is 7.85 Å². The minimum absolute atomic E-state index is 0.0984. The van der Waals surface area contributed by atoms with Crippen LogP contribution in [0.1, 0.15) is 69.4 Å². The van der Waals surface area contributed by atoms with Crippen LogP contribution in [-0.2, 0) is 18.4 Å². The summed E-state index contributed by atoms with van der Waals surface area (Å²) in [4.78, 5) is 0. The Morgan fingerprint density at radius 3 is 2.57 bits per heavy atom. The molecule has 3 nitrogen and oxygen atoms in total. The molecule has 3 unspecified atom stereocenters. The van der Waals surface area contributed by atoms with Crippen molar-refractivity contribution in [1.82, 2.24) is 14.8 Å². The summed E-state index contributed by atoms with van der Waals surface area (Å²) in [7, 11) is 6.76. The normalized spacial score (nSPS) is 44.6. The summed E-state index contributed by atoms with van der Waals surface area (Å²) in [6.45, 7) is 1.13. The zero-order valence-electron chi connectivity index (χ0n) is 12.9. The summed E-state index contributed by atoms with van der Waals surface area (Å²) < 4.78 is 2.49. The van der Waals surface area contributed by atoms with Crippen molar-refractivity contribution in [1.29, 1.82) is 0 Å². The highest BCUT2D eigenvalue weighted by atomic mass is 15.3. The van der Waals surface area contributed by atoms with Crippen LogP contribution in [0.5, 0.6) is 0 Å². The van der Waals surface area contributed by atoms with Gasteiger partial charge in [-0.3, -0.25) is 0 Å². The van der Waals surface area contributed by atoms with Crippen molar-refractivity contribution < 1.29 is 0 Å². The van der Waals surface area contributed by atoms with Crippen LogP contribution in [-0.4, -0.2) is 22.6 Å². The lowest BCUT2D eigenvalue weighted by Gasteiger charge is -2.61. The molecule has 4 bridgehead atoms. The van der Waals surface area contributed by atoms with Crippen LogP contribution in [0, 0.1) is 11.8 Å². The second-order valence-electron chi connectivity index (χ2n) is 8.51. The van der Waals surface area contributed by atoms with Crippen molar-refractivity contribution in [3.63, 3.8) is 0 Å². The Hall–Kier alpha value is -0.795. The van der Waals surface area contributed by atoms with Gasteiger partial charge in [-0.25, -0.2) is 0 Å². The fourth-order valence-corrected chi connectivity index (χ4v) is 6.47. The van der Waals surface area contributed by atoms with E-state index in [0.29, 0.717) is 0 Å². The lowest BCUT2D eigenvalue weighted by atomic mass is 9.39. The minimum atomic E-state index is 0.0984. The first-order valence-corrected chi connectivity index (χ1v) is 8.87. The zero-order chi connectivity index (χ0) is 14.1. The summed E-state index contributed by atoms with van der Waals surface area (Å²) in [6.07, 6.45) is 12.7. The number of nitrogens with zero attached hydrogens (tertiary/aromatic N) is 3. The molecule has 1 aromatic rings. The van der Waals surface area contributed by atoms with Gasteiger partial charge < -0.3 is 4.57 Å². The lowest BCUT2D eigenvalue weighted by Crippen LogP contribution is -2.52. The fourth-order valence-electron chi connectivity index (χ4n) is 6.47. The molecular weight excluding hydrogens is 257 g/mol. The fraction of sp³-hybridized carbons (Fsp3) is 0.882. The van der Waals surface area contributed by atoms with E-state index in [0.717, 1.165) is 31.2 Å². The second-order valence-corrected chi connectivity index (χ2v) is 8.51. The second kappa shape index (κ2) is 4.14. The molecule has 4 atom stereocenters. The first-order valence-electron chi connectivity index (χ1n) is 8.87. The van der Waals surface area contributed by atoms with Gasteiger partial charge in [-0.05, 0) is 50.4 Å². The van der Waals surface area contributed by atoms with Gasteiger partial charge in [0.2, 0.25) is 0 Å². The van der Waals surface area contributed by atoms with E-state index in [1.807, 2.05) is 0 Å². The first kappa shape index (κ1) is 12.7. The molecule has 1 aliphatic heterocycles. The SMILES string of the molecule is [B]C12CC3C[C@@H](C1)CC(c1nnc4n1CCCCC4)(C3)C2. The number of aromatic nitrogens is 3. The molecule has 2 radical (unpaired) electrons. The number of hydrogen-bond acceptors (Lipinski definition) is 2. The van der Waals surface area contributed by atoms with E-state index >= 15 is 0 Å². The van der Waals surface area contributed by atoms with E-state index in [1.165, 1.54) is 63.0 Å². The van der Waals surface area contributed by atoms with Gasteiger partial charge in [-0.2, -0.15) is 0 Å². The molecule has 110 valence electrons. The van der Waals surface area contributed by atoms with Gasteiger partial charge in [0.15, 0.2) is 0 Å². The molecular formula is C17H24BN3. The predicted octanol–water partition coefficient (Wildman–Crippen LogP) is 3.18. The summed E-state index contributed by atoms with van der Waals surface area (Å²) >= 11 is 0. The maximum Gasteiger partial charge on any atom is 0.139 e. The largest absolute Gasteiger partial charge is 0.315 e. The summed E-state index contributed by atoms with van der Waals surface area (Å²) in [5.74, 6) is 4.23. The van der Waals surface area contributed by atoms with Crippen LogP contribution < -0.4 is 0 Å². The van der Waals surface area contributed by atoms with Crippen molar-refractivity contribution in [2.24, 2.45) is 11.8 Å².